The Bertz CT molecular complexity index is 366. The van der Waals surface area contributed by atoms with E-state index in [4.69, 9.17) is 10.5 Å². The Hall–Kier alpha value is -1.55. The average molecular weight is 236 g/mol. The SMILES string of the molecule is CCOCCCC(=O)N(C)c1ccccc1N. The molecule has 0 aromatic heterocycles. The van der Waals surface area contributed by atoms with Gasteiger partial charge in [0.2, 0.25) is 5.91 Å². The van der Waals surface area contributed by atoms with Gasteiger partial charge in [0.25, 0.3) is 0 Å². The number of nitrogen functional groups attached to an aromatic ring is 1. The summed E-state index contributed by atoms with van der Waals surface area (Å²) in [6, 6.07) is 7.36. The number of carbonyl (C=O) groups excluding carboxylic acids is 1. The minimum atomic E-state index is 0.0580. The van der Waals surface area contributed by atoms with Gasteiger partial charge in [-0.15, -0.1) is 0 Å². The van der Waals surface area contributed by atoms with Crippen molar-refractivity contribution >= 4 is 17.3 Å². The molecular formula is C13H20N2O2. The first kappa shape index (κ1) is 13.5. The number of para-hydroxylation sites is 2. The van der Waals surface area contributed by atoms with Crippen molar-refractivity contribution in [2.45, 2.75) is 19.8 Å². The highest BCUT2D eigenvalue weighted by atomic mass is 16.5. The molecule has 0 fully saturated rings. The van der Waals surface area contributed by atoms with Crippen molar-refractivity contribution < 1.29 is 9.53 Å². The first-order valence-electron chi connectivity index (χ1n) is 5.85. The number of nitrogens with two attached hydrogens (primary N) is 1. The van der Waals surface area contributed by atoms with Gasteiger partial charge in [-0.1, -0.05) is 12.1 Å². The number of hydrogen-bond donors (Lipinski definition) is 1. The summed E-state index contributed by atoms with van der Waals surface area (Å²) in [7, 11) is 1.74. The lowest BCUT2D eigenvalue weighted by molar-refractivity contribution is -0.118. The number of benzene rings is 1. The summed E-state index contributed by atoms with van der Waals surface area (Å²) < 4.78 is 5.20. The van der Waals surface area contributed by atoms with E-state index >= 15 is 0 Å². The third-order valence-electron chi connectivity index (χ3n) is 2.56. The second-order valence-electron chi connectivity index (χ2n) is 3.81. The maximum atomic E-state index is 11.9. The van der Waals surface area contributed by atoms with E-state index in [1.807, 2.05) is 25.1 Å². The van der Waals surface area contributed by atoms with Gasteiger partial charge >= 0.3 is 0 Å². The molecule has 94 valence electrons. The number of ether oxygens (including phenoxy) is 1. The summed E-state index contributed by atoms with van der Waals surface area (Å²) in [5, 5.41) is 0. The van der Waals surface area contributed by atoms with Crippen LogP contribution in [-0.4, -0.2) is 26.2 Å². The van der Waals surface area contributed by atoms with Crippen LogP contribution in [0.15, 0.2) is 24.3 Å². The Morgan fingerprint density at radius 3 is 2.76 bits per heavy atom. The highest BCUT2D eigenvalue weighted by molar-refractivity contribution is 5.95. The van der Waals surface area contributed by atoms with E-state index in [1.165, 1.54) is 0 Å². The predicted octanol–water partition coefficient (Wildman–Crippen LogP) is 2.05. The third kappa shape index (κ3) is 4.07. The molecule has 2 N–H and O–H groups in total. The highest BCUT2D eigenvalue weighted by Gasteiger charge is 2.12. The molecule has 0 aliphatic rings. The summed E-state index contributed by atoms with van der Waals surface area (Å²) in [4.78, 5) is 13.5. The van der Waals surface area contributed by atoms with Gasteiger partial charge in [0.15, 0.2) is 0 Å². The van der Waals surface area contributed by atoms with Crippen LogP contribution in [0.25, 0.3) is 0 Å². The fraction of sp³-hybridized carbons (Fsp3) is 0.462. The fourth-order valence-corrected chi connectivity index (χ4v) is 1.56. The van der Waals surface area contributed by atoms with E-state index in [1.54, 1.807) is 18.0 Å². The lowest BCUT2D eigenvalue weighted by atomic mass is 10.2. The van der Waals surface area contributed by atoms with Crippen LogP contribution in [0.5, 0.6) is 0 Å². The molecule has 4 nitrogen and oxygen atoms in total. The first-order chi connectivity index (χ1) is 8.16. The van der Waals surface area contributed by atoms with Crippen LogP contribution in [0.3, 0.4) is 0 Å². The van der Waals surface area contributed by atoms with E-state index in [9.17, 15) is 4.79 Å². The molecule has 0 heterocycles. The molecule has 0 aliphatic heterocycles. The molecule has 0 atom stereocenters. The Morgan fingerprint density at radius 2 is 2.12 bits per heavy atom. The number of nitrogens with zero attached hydrogens (tertiary/aromatic N) is 1. The zero-order valence-corrected chi connectivity index (χ0v) is 10.5. The molecular weight excluding hydrogens is 216 g/mol. The molecule has 1 aromatic rings. The molecule has 1 aromatic carbocycles. The van der Waals surface area contributed by atoms with E-state index in [0.717, 1.165) is 12.1 Å². The maximum Gasteiger partial charge on any atom is 0.226 e. The molecule has 1 rings (SSSR count). The van der Waals surface area contributed by atoms with Gasteiger partial charge < -0.3 is 15.4 Å². The normalized spacial score (nSPS) is 10.2. The van der Waals surface area contributed by atoms with E-state index in [2.05, 4.69) is 0 Å². The summed E-state index contributed by atoms with van der Waals surface area (Å²) in [6.45, 7) is 3.26. The largest absolute Gasteiger partial charge is 0.397 e. The van der Waals surface area contributed by atoms with Crippen molar-refractivity contribution in [2.24, 2.45) is 0 Å². The Labute approximate surface area is 102 Å². The number of anilines is 2. The van der Waals surface area contributed by atoms with Crippen molar-refractivity contribution in [2.75, 3.05) is 30.9 Å². The smallest absolute Gasteiger partial charge is 0.226 e. The molecule has 0 saturated heterocycles. The van der Waals surface area contributed by atoms with Crippen molar-refractivity contribution in [3.05, 3.63) is 24.3 Å². The predicted molar refractivity (Wildman–Crippen MR) is 70.0 cm³/mol. The van der Waals surface area contributed by atoms with Crippen LogP contribution < -0.4 is 10.6 Å². The second kappa shape index (κ2) is 6.91. The molecule has 0 aliphatic carbocycles. The zero-order valence-electron chi connectivity index (χ0n) is 10.5. The van der Waals surface area contributed by atoms with Crippen molar-refractivity contribution in [3.8, 4) is 0 Å². The van der Waals surface area contributed by atoms with Gasteiger partial charge in [0.05, 0.1) is 11.4 Å². The standard InChI is InChI=1S/C13H20N2O2/c1-3-17-10-6-9-13(16)15(2)12-8-5-4-7-11(12)14/h4-5,7-8H,3,6,9-10,14H2,1-2H3. The summed E-state index contributed by atoms with van der Waals surface area (Å²) in [5.74, 6) is 0.0580. The van der Waals surface area contributed by atoms with Crippen LogP contribution >= 0.6 is 0 Å². The Morgan fingerprint density at radius 1 is 1.41 bits per heavy atom. The second-order valence-corrected chi connectivity index (χ2v) is 3.81. The molecule has 0 spiro atoms. The van der Waals surface area contributed by atoms with Crippen molar-refractivity contribution in [3.63, 3.8) is 0 Å². The molecule has 1 amide bonds. The number of amides is 1. The lowest BCUT2D eigenvalue weighted by Gasteiger charge is -2.19. The quantitative estimate of drug-likeness (QED) is 0.607. The van der Waals surface area contributed by atoms with Gasteiger partial charge in [-0.25, -0.2) is 0 Å². The molecule has 0 unspecified atom stereocenters. The Balaban J connectivity index is 2.49. The minimum Gasteiger partial charge on any atom is -0.397 e. The van der Waals surface area contributed by atoms with Gasteiger partial charge in [-0.05, 0) is 25.5 Å². The van der Waals surface area contributed by atoms with Gasteiger partial charge in [0.1, 0.15) is 0 Å². The van der Waals surface area contributed by atoms with Gasteiger partial charge in [0, 0.05) is 26.7 Å². The van der Waals surface area contributed by atoms with Crippen molar-refractivity contribution in [1.82, 2.24) is 0 Å². The number of rotatable bonds is 6. The van der Waals surface area contributed by atoms with E-state index < -0.39 is 0 Å². The van der Waals surface area contributed by atoms with Crippen LogP contribution in [0.2, 0.25) is 0 Å². The molecule has 4 heteroatoms. The van der Waals surface area contributed by atoms with Gasteiger partial charge in [-0.2, -0.15) is 0 Å². The number of carbonyl (C=O) groups is 1. The molecule has 17 heavy (non-hydrogen) atoms. The highest BCUT2D eigenvalue weighted by Crippen LogP contribution is 2.21. The van der Waals surface area contributed by atoms with E-state index in [-0.39, 0.29) is 5.91 Å². The average Bonchev–Trinajstić information content (AvgIpc) is 2.34. The summed E-state index contributed by atoms with van der Waals surface area (Å²) >= 11 is 0. The Kier molecular flexibility index (Phi) is 5.49. The van der Waals surface area contributed by atoms with Crippen LogP contribution in [0.4, 0.5) is 11.4 Å². The number of hydrogen-bond acceptors (Lipinski definition) is 3. The van der Waals surface area contributed by atoms with Crippen molar-refractivity contribution in [1.29, 1.82) is 0 Å². The lowest BCUT2D eigenvalue weighted by Crippen LogP contribution is -2.27. The van der Waals surface area contributed by atoms with Crippen LogP contribution in [0, 0.1) is 0 Å². The van der Waals surface area contributed by atoms with Crippen LogP contribution in [-0.2, 0) is 9.53 Å². The summed E-state index contributed by atoms with van der Waals surface area (Å²) in [6.07, 6.45) is 1.22. The van der Waals surface area contributed by atoms with E-state index in [0.29, 0.717) is 25.3 Å². The van der Waals surface area contributed by atoms with Crippen LogP contribution in [0.1, 0.15) is 19.8 Å². The molecule has 0 saturated carbocycles. The topological polar surface area (TPSA) is 55.6 Å². The molecule has 0 radical (unpaired) electrons. The van der Waals surface area contributed by atoms with Gasteiger partial charge in [-0.3, -0.25) is 4.79 Å². The molecule has 0 bridgehead atoms. The monoisotopic (exact) mass is 236 g/mol. The summed E-state index contributed by atoms with van der Waals surface area (Å²) in [5.41, 5.74) is 7.19. The zero-order chi connectivity index (χ0) is 12.7. The maximum absolute atomic E-state index is 11.9. The third-order valence-corrected chi connectivity index (χ3v) is 2.56. The fourth-order valence-electron chi connectivity index (χ4n) is 1.56. The first-order valence-corrected chi connectivity index (χ1v) is 5.85. The minimum absolute atomic E-state index is 0.0580.